The van der Waals surface area contributed by atoms with E-state index in [0.717, 1.165) is 11.3 Å². The highest BCUT2D eigenvalue weighted by atomic mass is 16.1. The lowest BCUT2D eigenvalue weighted by atomic mass is 10.0. The molecule has 0 aliphatic carbocycles. The van der Waals surface area contributed by atoms with Gasteiger partial charge in [-0.25, -0.2) is 4.68 Å². The zero-order valence-corrected chi connectivity index (χ0v) is 13.4. The molecule has 0 radical (unpaired) electrons. The number of hydrogen-bond acceptors (Lipinski definition) is 3. The van der Waals surface area contributed by atoms with E-state index in [4.69, 9.17) is 0 Å². The molecule has 1 aromatic carbocycles. The van der Waals surface area contributed by atoms with Gasteiger partial charge in [0.2, 0.25) is 5.56 Å². The number of hydrogen-bond donors (Lipinski definition) is 1. The number of aromatic nitrogens is 4. The van der Waals surface area contributed by atoms with Crippen LogP contribution in [0.1, 0.15) is 42.1 Å². The molecule has 3 aromatic rings. The van der Waals surface area contributed by atoms with Crippen LogP contribution in [0, 0.1) is 0 Å². The molecule has 0 aliphatic heterocycles. The predicted octanol–water partition coefficient (Wildman–Crippen LogP) is 2.73. The number of aromatic amines is 1. The maximum Gasteiger partial charge on any atom is 0.247 e. The number of nitrogens with one attached hydrogen (secondary N) is 1. The van der Waals surface area contributed by atoms with Crippen LogP contribution in [0.15, 0.2) is 53.6 Å². The van der Waals surface area contributed by atoms with E-state index in [-0.39, 0.29) is 5.56 Å². The van der Waals surface area contributed by atoms with E-state index in [2.05, 4.69) is 53.4 Å². The van der Waals surface area contributed by atoms with Gasteiger partial charge in [-0.1, -0.05) is 49.4 Å². The van der Waals surface area contributed by atoms with Gasteiger partial charge in [0.1, 0.15) is 0 Å². The monoisotopic (exact) mass is 308 g/mol. The van der Waals surface area contributed by atoms with Gasteiger partial charge in [0, 0.05) is 24.9 Å². The average molecular weight is 308 g/mol. The molecule has 0 amide bonds. The van der Waals surface area contributed by atoms with Gasteiger partial charge in [0.25, 0.3) is 0 Å². The summed E-state index contributed by atoms with van der Waals surface area (Å²) in [6, 6.07) is 11.9. The molecule has 3 rings (SSSR count). The minimum atomic E-state index is -0.0951. The summed E-state index contributed by atoms with van der Waals surface area (Å²) >= 11 is 0. The lowest BCUT2D eigenvalue weighted by Crippen LogP contribution is -2.03. The van der Waals surface area contributed by atoms with E-state index in [1.165, 1.54) is 17.2 Å². The SMILES string of the molecule is CC(C)c1ccc(Cn2cc(Cc3ccc(=O)[nH]c3)nn2)cc1. The molecule has 0 aliphatic rings. The molecule has 23 heavy (non-hydrogen) atoms. The summed E-state index contributed by atoms with van der Waals surface area (Å²) in [7, 11) is 0. The molecule has 0 spiro atoms. The van der Waals surface area contributed by atoms with Crippen molar-refractivity contribution in [1.29, 1.82) is 0 Å². The Kier molecular flexibility index (Phi) is 4.37. The van der Waals surface area contributed by atoms with Crippen LogP contribution in [0.5, 0.6) is 0 Å². The van der Waals surface area contributed by atoms with Crippen molar-refractivity contribution in [2.75, 3.05) is 0 Å². The summed E-state index contributed by atoms with van der Waals surface area (Å²) in [5.41, 5.74) is 4.34. The molecular weight excluding hydrogens is 288 g/mol. The third kappa shape index (κ3) is 3.94. The smallest absolute Gasteiger partial charge is 0.247 e. The van der Waals surface area contributed by atoms with Gasteiger partial charge < -0.3 is 4.98 Å². The Balaban J connectivity index is 1.67. The molecule has 2 aromatic heterocycles. The Morgan fingerprint density at radius 1 is 1.09 bits per heavy atom. The van der Waals surface area contributed by atoms with Crippen molar-refractivity contribution < 1.29 is 0 Å². The van der Waals surface area contributed by atoms with Crippen molar-refractivity contribution >= 4 is 0 Å². The van der Waals surface area contributed by atoms with Gasteiger partial charge >= 0.3 is 0 Å². The molecule has 118 valence electrons. The molecule has 0 atom stereocenters. The number of benzene rings is 1. The number of pyridine rings is 1. The third-order valence-electron chi connectivity index (χ3n) is 3.81. The minimum Gasteiger partial charge on any atom is -0.329 e. The van der Waals surface area contributed by atoms with Crippen LogP contribution < -0.4 is 5.56 Å². The van der Waals surface area contributed by atoms with Crippen molar-refractivity contribution in [3.05, 3.63) is 81.5 Å². The summed E-state index contributed by atoms with van der Waals surface area (Å²) in [5, 5.41) is 8.37. The second-order valence-electron chi connectivity index (χ2n) is 6.04. The fourth-order valence-electron chi connectivity index (χ4n) is 2.45. The summed E-state index contributed by atoms with van der Waals surface area (Å²) < 4.78 is 1.84. The van der Waals surface area contributed by atoms with Crippen molar-refractivity contribution in [1.82, 2.24) is 20.0 Å². The lowest BCUT2D eigenvalue weighted by Gasteiger charge is -2.06. The van der Waals surface area contributed by atoms with Crippen LogP contribution >= 0.6 is 0 Å². The standard InChI is InChI=1S/C18H20N4O/c1-13(2)16-6-3-14(4-7-16)11-22-12-17(20-21-22)9-15-5-8-18(23)19-10-15/h3-8,10,12-13H,9,11H2,1-2H3,(H,19,23). The lowest BCUT2D eigenvalue weighted by molar-refractivity contribution is 0.649. The van der Waals surface area contributed by atoms with Gasteiger partial charge in [-0.05, 0) is 22.6 Å². The molecule has 0 bridgehead atoms. The van der Waals surface area contributed by atoms with Crippen molar-refractivity contribution in [3.63, 3.8) is 0 Å². The fourth-order valence-corrected chi connectivity index (χ4v) is 2.45. The van der Waals surface area contributed by atoms with Gasteiger partial charge in [-0.2, -0.15) is 0 Å². The summed E-state index contributed by atoms with van der Waals surface area (Å²) in [5.74, 6) is 0.541. The molecule has 0 unspecified atom stereocenters. The average Bonchev–Trinajstić information content (AvgIpc) is 2.97. The Morgan fingerprint density at radius 2 is 1.83 bits per heavy atom. The van der Waals surface area contributed by atoms with E-state index in [9.17, 15) is 4.79 Å². The molecule has 0 saturated heterocycles. The highest BCUT2D eigenvalue weighted by molar-refractivity contribution is 5.25. The number of H-pyrrole nitrogens is 1. The summed E-state index contributed by atoms with van der Waals surface area (Å²) in [6.07, 6.45) is 4.32. The second kappa shape index (κ2) is 6.60. The molecule has 5 heteroatoms. The Morgan fingerprint density at radius 3 is 2.48 bits per heavy atom. The van der Waals surface area contributed by atoms with Crippen LogP contribution in [-0.4, -0.2) is 20.0 Å². The molecule has 2 heterocycles. The first kappa shape index (κ1) is 15.2. The van der Waals surface area contributed by atoms with Crippen LogP contribution in [0.2, 0.25) is 0 Å². The molecule has 0 saturated carbocycles. The van der Waals surface area contributed by atoms with Crippen molar-refractivity contribution in [3.8, 4) is 0 Å². The normalized spacial score (nSPS) is 11.1. The first-order valence-electron chi connectivity index (χ1n) is 7.75. The second-order valence-corrected chi connectivity index (χ2v) is 6.04. The summed E-state index contributed by atoms with van der Waals surface area (Å²) in [6.45, 7) is 5.09. The van der Waals surface area contributed by atoms with Gasteiger partial charge in [-0.3, -0.25) is 4.79 Å². The van der Waals surface area contributed by atoms with E-state index in [1.54, 1.807) is 6.20 Å². The highest BCUT2D eigenvalue weighted by Crippen LogP contribution is 2.15. The maximum absolute atomic E-state index is 11.1. The largest absolute Gasteiger partial charge is 0.329 e. The van der Waals surface area contributed by atoms with Gasteiger partial charge in [-0.15, -0.1) is 5.10 Å². The summed E-state index contributed by atoms with van der Waals surface area (Å²) in [4.78, 5) is 13.7. The number of rotatable bonds is 5. The van der Waals surface area contributed by atoms with Gasteiger partial charge in [0.05, 0.1) is 12.2 Å². The minimum absolute atomic E-state index is 0.0951. The first-order chi connectivity index (χ1) is 11.1. The van der Waals surface area contributed by atoms with E-state index in [0.29, 0.717) is 18.9 Å². The van der Waals surface area contributed by atoms with E-state index in [1.807, 2.05) is 16.9 Å². The quantitative estimate of drug-likeness (QED) is 0.788. The highest BCUT2D eigenvalue weighted by Gasteiger charge is 2.04. The first-order valence-corrected chi connectivity index (χ1v) is 7.75. The third-order valence-corrected chi connectivity index (χ3v) is 3.81. The Hall–Kier alpha value is -2.69. The zero-order valence-electron chi connectivity index (χ0n) is 13.4. The van der Waals surface area contributed by atoms with Crippen LogP contribution in [0.3, 0.4) is 0 Å². The van der Waals surface area contributed by atoms with Crippen LogP contribution in [-0.2, 0) is 13.0 Å². The van der Waals surface area contributed by atoms with E-state index < -0.39 is 0 Å². The molecule has 0 fully saturated rings. The van der Waals surface area contributed by atoms with Crippen LogP contribution in [0.25, 0.3) is 0 Å². The predicted molar refractivity (Wildman–Crippen MR) is 89.5 cm³/mol. The Bertz CT molecular complexity index is 810. The Labute approximate surface area is 135 Å². The zero-order chi connectivity index (χ0) is 16.2. The van der Waals surface area contributed by atoms with Crippen LogP contribution in [0.4, 0.5) is 0 Å². The maximum atomic E-state index is 11.1. The van der Waals surface area contributed by atoms with Crippen molar-refractivity contribution in [2.45, 2.75) is 32.7 Å². The molecule has 5 nitrogen and oxygen atoms in total. The number of nitrogens with zero attached hydrogens (tertiary/aromatic N) is 3. The fraction of sp³-hybridized carbons (Fsp3) is 0.278. The van der Waals surface area contributed by atoms with Gasteiger partial charge in [0.15, 0.2) is 0 Å². The van der Waals surface area contributed by atoms with Crippen molar-refractivity contribution in [2.24, 2.45) is 0 Å². The van der Waals surface area contributed by atoms with E-state index >= 15 is 0 Å². The topological polar surface area (TPSA) is 63.6 Å². The molecule has 1 N–H and O–H groups in total. The molecular formula is C18H20N4O.